The van der Waals surface area contributed by atoms with Gasteiger partial charge in [0.15, 0.2) is 0 Å². The Hall–Kier alpha value is -1.02. The third-order valence-corrected chi connectivity index (χ3v) is 20.6. The summed E-state index contributed by atoms with van der Waals surface area (Å²) in [6, 6.07) is -0.846. The highest BCUT2D eigenvalue weighted by atomic mass is 31.2. The van der Waals surface area contributed by atoms with Gasteiger partial charge in [-0.1, -0.05) is 423 Å². The van der Waals surface area contributed by atoms with Crippen molar-refractivity contribution in [2.24, 2.45) is 0 Å². The van der Waals surface area contributed by atoms with Crippen LogP contribution in [-0.4, -0.2) is 73.4 Å². The van der Waals surface area contributed by atoms with Gasteiger partial charge in [-0.2, -0.15) is 0 Å². The number of phosphoric ester groups is 1. The molecule has 0 spiro atoms. The van der Waals surface area contributed by atoms with Crippen LogP contribution in [0, 0.1) is 0 Å². The summed E-state index contributed by atoms with van der Waals surface area (Å²) in [6.07, 6.45) is 99.7. The van der Waals surface area contributed by atoms with Crippen LogP contribution in [0.3, 0.4) is 0 Å². The number of rotatable bonds is 79. The highest BCUT2D eigenvalue weighted by Gasteiger charge is 2.28. The number of hydrogen-bond acceptors (Lipinski definition) is 5. The highest BCUT2D eigenvalue weighted by molar-refractivity contribution is 7.47. The normalized spacial score (nSPS) is 13.5. The van der Waals surface area contributed by atoms with Crippen LogP contribution in [0.4, 0.5) is 0 Å². The van der Waals surface area contributed by atoms with E-state index in [0.29, 0.717) is 17.4 Å². The molecule has 8 nitrogen and oxygen atoms in total. The van der Waals surface area contributed by atoms with Crippen LogP contribution < -0.4 is 5.32 Å². The number of nitrogens with zero attached hydrogens (tertiary/aromatic N) is 1. The SMILES string of the molecule is CCCCCCCCCC/C=C\CCCCCCCCCCCCCCCCCCCCCCCCCCCCCCCC(=O)NC(COP(=O)(O)OCC[N+](C)(C)C)C(O)/C=C/CCCCCCCCCCCCCCCCCCCCCCCCCCCCC. The van der Waals surface area contributed by atoms with Crippen LogP contribution >= 0.6 is 7.82 Å². The minimum absolute atomic E-state index is 0.0651. The van der Waals surface area contributed by atoms with Gasteiger partial charge in [0, 0.05) is 6.42 Å². The van der Waals surface area contributed by atoms with E-state index in [0.717, 1.165) is 32.1 Å². The van der Waals surface area contributed by atoms with Gasteiger partial charge in [-0.3, -0.25) is 13.8 Å². The van der Waals surface area contributed by atoms with E-state index in [2.05, 4.69) is 31.3 Å². The fraction of sp³-hybridized carbons (Fsp3) is 0.940. The molecule has 92 heavy (non-hydrogen) atoms. The molecule has 0 aliphatic rings. The third-order valence-electron chi connectivity index (χ3n) is 19.7. The summed E-state index contributed by atoms with van der Waals surface area (Å²) in [6.45, 7) is 4.89. The Bertz CT molecular complexity index is 1550. The molecule has 548 valence electrons. The second-order valence-electron chi connectivity index (χ2n) is 30.2. The predicted octanol–water partition coefficient (Wildman–Crippen LogP) is 27.4. The van der Waals surface area contributed by atoms with Crippen LogP contribution in [0.25, 0.3) is 0 Å². The van der Waals surface area contributed by atoms with Crippen LogP contribution in [-0.2, 0) is 18.4 Å². The number of nitrogens with one attached hydrogen (secondary N) is 1. The number of likely N-dealkylation sites (N-methyl/N-ethyl adjacent to an activating group) is 1. The smallest absolute Gasteiger partial charge is 0.387 e. The number of allylic oxidation sites excluding steroid dienone is 3. The zero-order chi connectivity index (χ0) is 66.9. The van der Waals surface area contributed by atoms with Crippen molar-refractivity contribution in [3.8, 4) is 0 Å². The molecule has 0 aliphatic heterocycles. The lowest BCUT2D eigenvalue weighted by molar-refractivity contribution is -0.870. The average molecular weight is 1320 g/mol. The number of carbonyl (C=O) groups excluding carboxylic acids is 1. The molecule has 0 rings (SSSR count). The van der Waals surface area contributed by atoms with E-state index >= 15 is 0 Å². The molecule has 3 atom stereocenters. The summed E-state index contributed by atoms with van der Waals surface area (Å²) >= 11 is 0. The van der Waals surface area contributed by atoms with E-state index in [9.17, 15) is 19.4 Å². The molecule has 0 saturated heterocycles. The van der Waals surface area contributed by atoms with Crippen LogP contribution in [0.1, 0.15) is 450 Å². The van der Waals surface area contributed by atoms with Crippen molar-refractivity contribution >= 4 is 13.7 Å². The fourth-order valence-electron chi connectivity index (χ4n) is 13.2. The Labute approximate surface area is 576 Å². The third kappa shape index (κ3) is 76.3. The molecule has 1 amide bonds. The van der Waals surface area contributed by atoms with Crippen LogP contribution in [0.2, 0.25) is 0 Å². The van der Waals surface area contributed by atoms with Crippen molar-refractivity contribution in [1.29, 1.82) is 0 Å². The van der Waals surface area contributed by atoms with E-state index in [-0.39, 0.29) is 19.1 Å². The molecule has 0 aromatic heterocycles. The number of unbranched alkanes of at least 4 members (excludes halogenated alkanes) is 64. The molecular formula is C83H166N2O6P+. The first-order valence-corrected chi connectivity index (χ1v) is 43.2. The number of aliphatic hydroxyl groups is 1. The molecule has 0 heterocycles. The number of phosphoric acid groups is 1. The lowest BCUT2D eigenvalue weighted by Crippen LogP contribution is -2.45. The number of hydrogen-bond donors (Lipinski definition) is 3. The summed E-state index contributed by atoms with van der Waals surface area (Å²) in [7, 11) is 1.60. The summed E-state index contributed by atoms with van der Waals surface area (Å²) in [5, 5.41) is 14.1. The van der Waals surface area contributed by atoms with E-state index < -0.39 is 20.0 Å². The van der Waals surface area contributed by atoms with Gasteiger partial charge in [0.1, 0.15) is 13.2 Å². The van der Waals surface area contributed by atoms with Crippen molar-refractivity contribution in [3.05, 3.63) is 24.3 Å². The first kappa shape index (κ1) is 91.0. The molecule has 0 fully saturated rings. The maximum Gasteiger partial charge on any atom is 0.472 e. The second kappa shape index (κ2) is 74.2. The summed E-state index contributed by atoms with van der Waals surface area (Å²) in [4.78, 5) is 23.5. The molecule has 0 aromatic rings. The summed E-state index contributed by atoms with van der Waals surface area (Å²) in [5.74, 6) is -0.166. The maximum atomic E-state index is 13.1. The predicted molar refractivity (Wildman–Crippen MR) is 406 cm³/mol. The van der Waals surface area contributed by atoms with Crippen molar-refractivity contribution in [3.63, 3.8) is 0 Å². The molecule has 9 heteroatoms. The lowest BCUT2D eigenvalue weighted by atomic mass is 10.0. The van der Waals surface area contributed by atoms with Gasteiger partial charge in [-0.25, -0.2) is 4.57 Å². The molecule has 0 saturated carbocycles. The zero-order valence-electron chi connectivity index (χ0n) is 63.1. The Kier molecular flexibility index (Phi) is 73.4. The first-order valence-electron chi connectivity index (χ1n) is 41.7. The van der Waals surface area contributed by atoms with Gasteiger partial charge < -0.3 is 19.8 Å². The Balaban J connectivity index is 3.88. The largest absolute Gasteiger partial charge is 0.472 e. The topological polar surface area (TPSA) is 105 Å². The van der Waals surface area contributed by atoms with Crippen molar-refractivity contribution in [1.82, 2.24) is 5.32 Å². The monoisotopic (exact) mass is 1320 g/mol. The Morgan fingerprint density at radius 1 is 0.359 bits per heavy atom. The van der Waals surface area contributed by atoms with Gasteiger partial charge >= 0.3 is 7.82 Å². The Morgan fingerprint density at radius 3 is 0.837 bits per heavy atom. The van der Waals surface area contributed by atoms with E-state index in [1.54, 1.807) is 6.08 Å². The van der Waals surface area contributed by atoms with E-state index in [1.165, 1.54) is 398 Å². The summed E-state index contributed by atoms with van der Waals surface area (Å²) in [5.41, 5.74) is 0. The minimum Gasteiger partial charge on any atom is -0.387 e. The fourth-order valence-corrected chi connectivity index (χ4v) is 14.0. The molecule has 0 radical (unpaired) electrons. The number of carbonyl (C=O) groups is 1. The van der Waals surface area contributed by atoms with Crippen molar-refractivity contribution < 1.29 is 32.9 Å². The van der Waals surface area contributed by atoms with Crippen LogP contribution in [0.15, 0.2) is 24.3 Å². The van der Waals surface area contributed by atoms with E-state index in [1.807, 2.05) is 27.2 Å². The van der Waals surface area contributed by atoms with Crippen molar-refractivity contribution in [2.45, 2.75) is 463 Å². The zero-order valence-corrected chi connectivity index (χ0v) is 64.0. The molecule has 0 bridgehead atoms. The highest BCUT2D eigenvalue weighted by Crippen LogP contribution is 2.43. The second-order valence-corrected chi connectivity index (χ2v) is 31.7. The Morgan fingerprint density at radius 2 is 0.587 bits per heavy atom. The number of amides is 1. The molecular weight excluding hydrogens is 1150 g/mol. The van der Waals surface area contributed by atoms with Gasteiger partial charge in [0.2, 0.25) is 5.91 Å². The van der Waals surface area contributed by atoms with Gasteiger partial charge in [0.05, 0.1) is 39.9 Å². The number of aliphatic hydroxyl groups excluding tert-OH is 1. The van der Waals surface area contributed by atoms with Crippen LogP contribution in [0.5, 0.6) is 0 Å². The maximum absolute atomic E-state index is 13.1. The van der Waals surface area contributed by atoms with Gasteiger partial charge in [-0.05, 0) is 44.9 Å². The lowest BCUT2D eigenvalue weighted by Gasteiger charge is -2.25. The molecule has 0 aliphatic carbocycles. The van der Waals surface area contributed by atoms with E-state index in [4.69, 9.17) is 9.05 Å². The van der Waals surface area contributed by atoms with Gasteiger partial charge in [-0.15, -0.1) is 0 Å². The molecule has 3 unspecified atom stereocenters. The molecule has 0 aromatic carbocycles. The minimum atomic E-state index is -4.36. The standard InChI is InChI=1S/C83H165N2O6P/c1-6-8-10-12-14-16-18-20-22-24-26-28-30-32-34-36-37-38-39-40-41-42-43-44-45-46-47-49-51-53-55-57-59-61-63-65-67-69-71-73-75-77-83(87)84-81(80-91-92(88,89)90-79-78-85(3,4)5)82(86)76-74-72-70-68-66-64-62-60-58-56-54-52-50-48-35-33-31-29-27-25-23-21-19-17-15-13-11-9-7-2/h24,26,74,76,81-82,86H,6-23,25,27-73,75,77-80H2,1-5H3,(H-,84,87,88,89)/p+1/b26-24-,76-74+. The number of quaternary nitrogens is 1. The molecule has 3 N–H and O–H groups in total. The quantitative estimate of drug-likeness (QED) is 0.0243. The summed E-state index contributed by atoms with van der Waals surface area (Å²) < 4.78 is 23.9. The average Bonchev–Trinajstić information content (AvgIpc) is 2.63. The first-order chi connectivity index (χ1) is 45.0. The van der Waals surface area contributed by atoms with Crippen molar-refractivity contribution in [2.75, 3.05) is 40.9 Å². The van der Waals surface area contributed by atoms with Gasteiger partial charge in [0.25, 0.3) is 0 Å².